The Balaban J connectivity index is 1.68. The SMILES string of the molecule is Oc1ccc(Cc2cnc3cnc(-c4ccc(O)cc4)nc3c2)cc1. The van der Waals surface area contributed by atoms with Crippen LogP contribution in [0.1, 0.15) is 11.1 Å². The van der Waals surface area contributed by atoms with E-state index in [4.69, 9.17) is 0 Å². The molecule has 2 heterocycles. The molecule has 4 aromatic rings. The van der Waals surface area contributed by atoms with Gasteiger partial charge in [-0.05, 0) is 60.0 Å². The maximum Gasteiger partial charge on any atom is 0.159 e. The summed E-state index contributed by atoms with van der Waals surface area (Å²) in [6, 6.07) is 15.9. The maximum atomic E-state index is 9.40. The van der Waals surface area contributed by atoms with Crippen molar-refractivity contribution >= 4 is 11.0 Å². The number of phenolic OH excluding ortho intramolecular Hbond substituents is 2. The van der Waals surface area contributed by atoms with Crippen LogP contribution in [0.2, 0.25) is 0 Å². The zero-order chi connectivity index (χ0) is 17.2. The third-order valence-electron chi connectivity index (χ3n) is 3.96. The lowest BCUT2D eigenvalue weighted by atomic mass is 10.1. The minimum Gasteiger partial charge on any atom is -0.508 e. The van der Waals surface area contributed by atoms with Crippen molar-refractivity contribution in [1.29, 1.82) is 0 Å². The van der Waals surface area contributed by atoms with Crippen LogP contribution in [0.4, 0.5) is 0 Å². The van der Waals surface area contributed by atoms with Crippen LogP contribution in [0.15, 0.2) is 67.0 Å². The number of rotatable bonds is 3. The van der Waals surface area contributed by atoms with Crippen LogP contribution in [0, 0.1) is 0 Å². The van der Waals surface area contributed by atoms with Gasteiger partial charge in [0.15, 0.2) is 5.82 Å². The fourth-order valence-electron chi connectivity index (χ4n) is 2.66. The smallest absolute Gasteiger partial charge is 0.159 e. The molecule has 25 heavy (non-hydrogen) atoms. The Bertz CT molecular complexity index is 1030. The zero-order valence-electron chi connectivity index (χ0n) is 13.3. The molecule has 0 amide bonds. The lowest BCUT2D eigenvalue weighted by Crippen LogP contribution is -1.94. The standard InChI is InChI=1S/C20H15N3O2/c24-16-5-1-13(2-6-16)9-14-10-18-19(21-11-14)12-22-20(23-18)15-3-7-17(25)8-4-15/h1-8,10-12,24-25H,9H2. The van der Waals surface area contributed by atoms with Gasteiger partial charge < -0.3 is 10.2 Å². The molecule has 2 N–H and O–H groups in total. The van der Waals surface area contributed by atoms with Gasteiger partial charge in [0.1, 0.15) is 17.0 Å². The zero-order valence-corrected chi connectivity index (χ0v) is 13.3. The molecule has 0 radical (unpaired) electrons. The second kappa shape index (κ2) is 6.20. The van der Waals surface area contributed by atoms with Gasteiger partial charge in [-0.2, -0.15) is 0 Å². The molecule has 2 aromatic carbocycles. The van der Waals surface area contributed by atoms with E-state index in [0.717, 1.165) is 27.7 Å². The largest absolute Gasteiger partial charge is 0.508 e. The summed E-state index contributed by atoms with van der Waals surface area (Å²) in [5.41, 5.74) is 4.47. The average molecular weight is 329 g/mol. The summed E-state index contributed by atoms with van der Waals surface area (Å²) in [6.07, 6.45) is 4.23. The van der Waals surface area contributed by atoms with Gasteiger partial charge >= 0.3 is 0 Å². The van der Waals surface area contributed by atoms with Crippen molar-refractivity contribution in [2.75, 3.05) is 0 Å². The Labute approximate surface area is 144 Å². The first-order valence-corrected chi connectivity index (χ1v) is 7.86. The van der Waals surface area contributed by atoms with Crippen LogP contribution < -0.4 is 0 Å². The average Bonchev–Trinajstić information content (AvgIpc) is 2.64. The van der Waals surface area contributed by atoms with E-state index < -0.39 is 0 Å². The van der Waals surface area contributed by atoms with Crippen molar-refractivity contribution in [3.63, 3.8) is 0 Å². The number of hydrogen-bond donors (Lipinski definition) is 2. The van der Waals surface area contributed by atoms with Crippen LogP contribution in [-0.4, -0.2) is 25.2 Å². The van der Waals surface area contributed by atoms with E-state index in [-0.39, 0.29) is 11.5 Å². The van der Waals surface area contributed by atoms with Gasteiger partial charge in [-0.1, -0.05) is 12.1 Å². The molecule has 0 saturated heterocycles. The van der Waals surface area contributed by atoms with Crippen molar-refractivity contribution < 1.29 is 10.2 Å². The molecule has 5 nitrogen and oxygen atoms in total. The van der Waals surface area contributed by atoms with E-state index in [9.17, 15) is 10.2 Å². The summed E-state index contributed by atoms with van der Waals surface area (Å²) in [6.45, 7) is 0. The van der Waals surface area contributed by atoms with Crippen LogP contribution in [0.25, 0.3) is 22.4 Å². The summed E-state index contributed by atoms with van der Waals surface area (Å²) in [5, 5.41) is 18.8. The van der Waals surface area contributed by atoms with Crippen LogP contribution >= 0.6 is 0 Å². The Morgan fingerprint density at radius 2 is 1.36 bits per heavy atom. The summed E-state index contributed by atoms with van der Waals surface area (Å²) in [7, 11) is 0. The summed E-state index contributed by atoms with van der Waals surface area (Å²) in [5.74, 6) is 1.06. The number of pyridine rings is 1. The monoisotopic (exact) mass is 329 g/mol. The molecule has 0 aliphatic heterocycles. The normalized spacial score (nSPS) is 10.9. The molecular weight excluding hydrogens is 314 g/mol. The van der Waals surface area contributed by atoms with Crippen molar-refractivity contribution in [2.24, 2.45) is 0 Å². The van der Waals surface area contributed by atoms with Crippen molar-refractivity contribution in [1.82, 2.24) is 15.0 Å². The molecule has 0 saturated carbocycles. The predicted molar refractivity (Wildman–Crippen MR) is 95.3 cm³/mol. The van der Waals surface area contributed by atoms with Crippen LogP contribution in [-0.2, 0) is 6.42 Å². The van der Waals surface area contributed by atoms with Crippen LogP contribution in [0.5, 0.6) is 11.5 Å². The number of aromatic nitrogens is 3. The highest BCUT2D eigenvalue weighted by molar-refractivity contribution is 5.76. The second-order valence-corrected chi connectivity index (χ2v) is 5.83. The van der Waals surface area contributed by atoms with E-state index in [1.807, 2.05) is 24.4 Å². The predicted octanol–water partition coefficient (Wildman–Crippen LogP) is 3.69. The van der Waals surface area contributed by atoms with Gasteiger partial charge in [-0.3, -0.25) is 4.98 Å². The highest BCUT2D eigenvalue weighted by Crippen LogP contribution is 2.21. The molecule has 0 spiro atoms. The first kappa shape index (κ1) is 15.1. The van der Waals surface area contributed by atoms with E-state index in [1.165, 1.54) is 0 Å². The summed E-state index contributed by atoms with van der Waals surface area (Å²) < 4.78 is 0. The van der Waals surface area contributed by atoms with Crippen molar-refractivity contribution in [2.45, 2.75) is 6.42 Å². The van der Waals surface area contributed by atoms with Gasteiger partial charge in [0.2, 0.25) is 0 Å². The molecule has 0 unspecified atom stereocenters. The highest BCUT2D eigenvalue weighted by atomic mass is 16.3. The third kappa shape index (κ3) is 3.26. The molecule has 4 rings (SSSR count). The lowest BCUT2D eigenvalue weighted by Gasteiger charge is -2.05. The molecule has 0 bridgehead atoms. The Morgan fingerprint density at radius 1 is 0.680 bits per heavy atom. The van der Waals surface area contributed by atoms with Gasteiger partial charge in [0.25, 0.3) is 0 Å². The third-order valence-corrected chi connectivity index (χ3v) is 3.96. The van der Waals surface area contributed by atoms with Gasteiger partial charge in [-0.15, -0.1) is 0 Å². The van der Waals surface area contributed by atoms with E-state index in [0.29, 0.717) is 12.2 Å². The Kier molecular flexibility index (Phi) is 3.74. The lowest BCUT2D eigenvalue weighted by molar-refractivity contribution is 0.474. The Hall–Kier alpha value is -3.47. The molecular formula is C20H15N3O2. The van der Waals surface area contributed by atoms with Gasteiger partial charge in [0, 0.05) is 11.8 Å². The first-order valence-electron chi connectivity index (χ1n) is 7.86. The molecule has 0 aliphatic rings. The molecule has 0 atom stereocenters. The van der Waals surface area contributed by atoms with E-state index >= 15 is 0 Å². The molecule has 0 aliphatic carbocycles. The minimum atomic E-state index is 0.211. The second-order valence-electron chi connectivity index (χ2n) is 5.83. The topological polar surface area (TPSA) is 79.1 Å². The molecule has 0 fully saturated rings. The minimum absolute atomic E-state index is 0.211. The van der Waals surface area contributed by atoms with Crippen LogP contribution in [0.3, 0.4) is 0 Å². The molecule has 5 heteroatoms. The van der Waals surface area contributed by atoms with Gasteiger partial charge in [-0.25, -0.2) is 9.97 Å². The number of fused-ring (bicyclic) bond motifs is 1. The highest BCUT2D eigenvalue weighted by Gasteiger charge is 2.06. The number of benzene rings is 2. The van der Waals surface area contributed by atoms with Crippen molar-refractivity contribution in [3.05, 3.63) is 78.1 Å². The fraction of sp³-hybridized carbons (Fsp3) is 0.0500. The summed E-state index contributed by atoms with van der Waals surface area (Å²) in [4.78, 5) is 13.4. The van der Waals surface area contributed by atoms with Crippen molar-refractivity contribution in [3.8, 4) is 22.9 Å². The Morgan fingerprint density at radius 3 is 2.08 bits per heavy atom. The first-order chi connectivity index (χ1) is 12.2. The number of hydrogen-bond acceptors (Lipinski definition) is 5. The fourth-order valence-corrected chi connectivity index (χ4v) is 2.66. The molecule has 2 aromatic heterocycles. The number of nitrogens with zero attached hydrogens (tertiary/aromatic N) is 3. The summed E-state index contributed by atoms with van der Waals surface area (Å²) >= 11 is 0. The quantitative estimate of drug-likeness (QED) is 0.599. The number of phenols is 2. The van der Waals surface area contributed by atoms with E-state index in [1.54, 1.807) is 42.6 Å². The van der Waals surface area contributed by atoms with E-state index in [2.05, 4.69) is 15.0 Å². The van der Waals surface area contributed by atoms with Gasteiger partial charge in [0.05, 0.1) is 11.7 Å². The molecule has 122 valence electrons. The number of aromatic hydroxyl groups is 2. The maximum absolute atomic E-state index is 9.40.